The van der Waals surface area contributed by atoms with E-state index < -0.39 is 64.4 Å². The summed E-state index contributed by atoms with van der Waals surface area (Å²) in [7, 11) is 0. The van der Waals surface area contributed by atoms with E-state index in [4.69, 9.17) is 0 Å². The number of halogens is 8. The molecule has 3 rings (SSSR count). The molecule has 0 spiro atoms. The van der Waals surface area contributed by atoms with E-state index in [0.29, 0.717) is 0 Å². The molecule has 11 heteroatoms. The zero-order valence-electron chi connectivity index (χ0n) is 15.3. The summed E-state index contributed by atoms with van der Waals surface area (Å²) >= 11 is 0. The molecule has 1 aliphatic carbocycles. The highest BCUT2D eigenvalue weighted by Gasteiger charge is 2.39. The van der Waals surface area contributed by atoms with Crippen LogP contribution in [0.25, 0.3) is 0 Å². The average Bonchev–Trinajstić information content (AvgIpc) is 2.73. The van der Waals surface area contributed by atoms with Gasteiger partial charge in [-0.3, -0.25) is 9.59 Å². The van der Waals surface area contributed by atoms with Crippen LogP contribution in [0.4, 0.5) is 35.1 Å². The van der Waals surface area contributed by atoms with Gasteiger partial charge in [-0.05, 0) is 24.1 Å². The maximum absolute atomic E-state index is 13.8. The number of ether oxygens (including phenoxy) is 1. The third kappa shape index (κ3) is 4.40. The third-order valence-electron chi connectivity index (χ3n) is 5.01. The Labute approximate surface area is 169 Å². The molecule has 31 heavy (non-hydrogen) atoms. The first-order chi connectivity index (χ1) is 14.4. The van der Waals surface area contributed by atoms with Gasteiger partial charge in [0.25, 0.3) is 0 Å². The first kappa shape index (κ1) is 22.7. The Morgan fingerprint density at radius 2 is 1.39 bits per heavy atom. The molecule has 0 saturated heterocycles. The molecule has 0 amide bonds. The summed E-state index contributed by atoms with van der Waals surface area (Å²) in [4.78, 5) is 24.4. The van der Waals surface area contributed by atoms with Crippen LogP contribution >= 0.6 is 0 Å². The van der Waals surface area contributed by atoms with E-state index in [0.717, 1.165) is 24.3 Å². The Morgan fingerprint density at radius 1 is 0.871 bits per heavy atom. The van der Waals surface area contributed by atoms with Gasteiger partial charge in [-0.2, -0.15) is 22.0 Å². The normalized spacial score (nSPS) is 19.4. The number of ketones is 1. The van der Waals surface area contributed by atoms with Gasteiger partial charge in [0.1, 0.15) is 5.78 Å². The van der Waals surface area contributed by atoms with Crippen LogP contribution in [0, 0.1) is 35.0 Å². The number of Topliss-reactive ketones (excluding diaryl/α,β-unsaturated/α-hetero) is 1. The topological polar surface area (TPSA) is 43.4 Å². The van der Waals surface area contributed by atoms with Crippen LogP contribution in [0.5, 0.6) is 5.75 Å². The first-order valence-electron chi connectivity index (χ1n) is 8.83. The second-order valence-corrected chi connectivity index (χ2v) is 6.93. The summed E-state index contributed by atoms with van der Waals surface area (Å²) in [5.74, 6) is -17.5. The molecule has 1 aliphatic rings. The maximum Gasteiger partial charge on any atom is 0.416 e. The molecule has 2 aromatic rings. The summed E-state index contributed by atoms with van der Waals surface area (Å²) in [6, 6.07) is 3.57. The SMILES string of the molecule is O=C1CCC(C(=O)Oc2c(F)c(F)c(F)c(F)c2F)C(c2ccc(C(F)(F)F)cc2)C1. The number of hydrogen-bond acceptors (Lipinski definition) is 3. The highest BCUT2D eigenvalue weighted by atomic mass is 19.4. The lowest BCUT2D eigenvalue weighted by Gasteiger charge is -2.29. The molecule has 3 nitrogen and oxygen atoms in total. The molecular formula is C20H12F8O3. The maximum atomic E-state index is 13.8. The highest BCUT2D eigenvalue weighted by Crippen LogP contribution is 2.39. The zero-order chi connectivity index (χ0) is 23.1. The largest absolute Gasteiger partial charge is 0.420 e. The third-order valence-corrected chi connectivity index (χ3v) is 5.01. The van der Waals surface area contributed by atoms with Crippen molar-refractivity contribution >= 4 is 11.8 Å². The van der Waals surface area contributed by atoms with Crippen molar-refractivity contribution in [3.63, 3.8) is 0 Å². The predicted octanol–water partition coefficient (Wildman–Crippen LogP) is 5.46. The molecule has 0 heterocycles. The van der Waals surface area contributed by atoms with Gasteiger partial charge in [-0.25, -0.2) is 13.2 Å². The Kier molecular flexibility index (Phi) is 6.06. The Balaban J connectivity index is 1.92. The second-order valence-electron chi connectivity index (χ2n) is 6.93. The van der Waals surface area contributed by atoms with Crippen molar-refractivity contribution in [1.29, 1.82) is 0 Å². The molecule has 1 saturated carbocycles. The molecule has 0 radical (unpaired) electrons. The monoisotopic (exact) mass is 452 g/mol. The summed E-state index contributed by atoms with van der Waals surface area (Å²) in [6.45, 7) is 0. The highest BCUT2D eigenvalue weighted by molar-refractivity contribution is 5.85. The number of alkyl halides is 3. The molecule has 0 aliphatic heterocycles. The molecule has 2 unspecified atom stereocenters. The molecular weight excluding hydrogens is 440 g/mol. The number of carbonyl (C=O) groups is 2. The quantitative estimate of drug-likeness (QED) is 0.204. The van der Waals surface area contributed by atoms with Crippen molar-refractivity contribution in [3.8, 4) is 5.75 Å². The van der Waals surface area contributed by atoms with Gasteiger partial charge in [0.05, 0.1) is 11.5 Å². The number of benzene rings is 2. The van der Waals surface area contributed by atoms with Crippen LogP contribution in [0.15, 0.2) is 24.3 Å². The fraction of sp³-hybridized carbons (Fsp3) is 0.300. The number of esters is 1. The van der Waals surface area contributed by atoms with Gasteiger partial charge in [-0.15, -0.1) is 0 Å². The van der Waals surface area contributed by atoms with Crippen LogP contribution in [0.1, 0.15) is 36.3 Å². The van der Waals surface area contributed by atoms with E-state index in [2.05, 4.69) is 4.74 Å². The minimum atomic E-state index is -4.62. The van der Waals surface area contributed by atoms with Crippen LogP contribution < -0.4 is 4.74 Å². The van der Waals surface area contributed by atoms with Gasteiger partial charge < -0.3 is 4.74 Å². The molecule has 1 fully saturated rings. The minimum Gasteiger partial charge on any atom is -0.420 e. The molecule has 2 atom stereocenters. The fourth-order valence-corrected chi connectivity index (χ4v) is 3.41. The van der Waals surface area contributed by atoms with E-state index in [1.807, 2.05) is 0 Å². The van der Waals surface area contributed by atoms with Crippen LogP contribution in [-0.2, 0) is 15.8 Å². The van der Waals surface area contributed by atoms with Crippen molar-refractivity contribution < 1.29 is 49.4 Å². The lowest BCUT2D eigenvalue weighted by atomic mass is 9.75. The average molecular weight is 452 g/mol. The van der Waals surface area contributed by atoms with Crippen LogP contribution in [0.3, 0.4) is 0 Å². The Hall–Kier alpha value is -2.98. The smallest absolute Gasteiger partial charge is 0.416 e. The standard InChI is InChI=1S/C20H12F8O3/c21-13-14(22)16(24)18(17(25)15(13)23)31-19(30)11-6-5-10(29)7-12(11)8-1-3-9(4-2-8)20(26,27)28/h1-4,11-12H,5-7H2. The summed E-state index contributed by atoms with van der Waals surface area (Å²) < 4.78 is 110. The lowest BCUT2D eigenvalue weighted by Crippen LogP contribution is -2.33. The fourth-order valence-electron chi connectivity index (χ4n) is 3.41. The van der Waals surface area contributed by atoms with Gasteiger partial charge in [-0.1, -0.05) is 12.1 Å². The molecule has 0 N–H and O–H groups in total. The van der Waals surface area contributed by atoms with Crippen LogP contribution in [-0.4, -0.2) is 11.8 Å². The summed E-state index contributed by atoms with van der Waals surface area (Å²) in [6.07, 6.45) is -5.21. The second kappa shape index (κ2) is 8.27. The van der Waals surface area contributed by atoms with Crippen LogP contribution in [0.2, 0.25) is 0 Å². The van der Waals surface area contributed by atoms with Gasteiger partial charge in [0, 0.05) is 18.8 Å². The van der Waals surface area contributed by atoms with Gasteiger partial charge in [0.2, 0.25) is 34.8 Å². The van der Waals surface area contributed by atoms with E-state index in [1.165, 1.54) is 0 Å². The summed E-state index contributed by atoms with van der Waals surface area (Å²) in [5, 5.41) is 0. The van der Waals surface area contributed by atoms with Crippen molar-refractivity contribution in [3.05, 3.63) is 64.5 Å². The minimum absolute atomic E-state index is 0.131. The zero-order valence-corrected chi connectivity index (χ0v) is 15.3. The van der Waals surface area contributed by atoms with Gasteiger partial charge in [0.15, 0.2) is 0 Å². The van der Waals surface area contributed by atoms with E-state index >= 15 is 0 Å². The van der Waals surface area contributed by atoms with Crippen molar-refractivity contribution in [2.75, 3.05) is 0 Å². The van der Waals surface area contributed by atoms with E-state index in [1.54, 1.807) is 0 Å². The number of hydrogen-bond donors (Lipinski definition) is 0. The van der Waals surface area contributed by atoms with Crippen molar-refractivity contribution in [1.82, 2.24) is 0 Å². The van der Waals surface area contributed by atoms with E-state index in [-0.39, 0.29) is 30.6 Å². The molecule has 0 bridgehead atoms. The first-order valence-corrected chi connectivity index (χ1v) is 8.83. The Morgan fingerprint density at radius 3 is 1.90 bits per heavy atom. The molecule has 2 aromatic carbocycles. The van der Waals surface area contributed by atoms with Crippen molar-refractivity contribution in [2.45, 2.75) is 31.4 Å². The molecule has 166 valence electrons. The Bertz CT molecular complexity index is 1000. The van der Waals surface area contributed by atoms with Crippen molar-refractivity contribution in [2.24, 2.45) is 5.92 Å². The number of rotatable bonds is 3. The lowest BCUT2D eigenvalue weighted by molar-refractivity contribution is -0.142. The number of carbonyl (C=O) groups excluding carboxylic acids is 2. The molecule has 0 aromatic heterocycles. The van der Waals surface area contributed by atoms with E-state index in [9.17, 15) is 44.7 Å². The van der Waals surface area contributed by atoms with Gasteiger partial charge >= 0.3 is 12.1 Å². The summed E-state index contributed by atoms with van der Waals surface area (Å²) in [5.41, 5.74) is -0.820. The predicted molar refractivity (Wildman–Crippen MR) is 88.4 cm³/mol.